The molecule has 1 amide bonds. The zero-order valence-corrected chi connectivity index (χ0v) is 11.9. The molecule has 0 aromatic rings. The lowest BCUT2D eigenvalue weighted by molar-refractivity contribution is -0.150. The third-order valence-electron chi connectivity index (χ3n) is 4.73. The van der Waals surface area contributed by atoms with E-state index in [1.807, 2.05) is 0 Å². The van der Waals surface area contributed by atoms with Gasteiger partial charge in [-0.2, -0.15) is 0 Å². The molecule has 0 aromatic carbocycles. The molecule has 5 heteroatoms. The number of hydrogen-bond donors (Lipinski definition) is 2. The minimum Gasteiger partial charge on any atom is -0.469 e. The van der Waals surface area contributed by atoms with Gasteiger partial charge < -0.3 is 15.8 Å². The summed E-state index contributed by atoms with van der Waals surface area (Å²) in [5.74, 6) is 0.546. The van der Waals surface area contributed by atoms with E-state index in [9.17, 15) is 9.59 Å². The van der Waals surface area contributed by atoms with Crippen LogP contribution in [0.25, 0.3) is 0 Å². The zero-order chi connectivity index (χ0) is 14.2. The van der Waals surface area contributed by atoms with E-state index in [0.29, 0.717) is 18.4 Å². The van der Waals surface area contributed by atoms with E-state index >= 15 is 0 Å². The van der Waals surface area contributed by atoms with Crippen LogP contribution in [-0.2, 0) is 14.3 Å². The molecule has 4 atom stereocenters. The molecule has 2 fully saturated rings. The number of esters is 1. The van der Waals surface area contributed by atoms with Gasteiger partial charge in [0, 0.05) is 12.6 Å². The second kappa shape index (κ2) is 5.12. The maximum atomic E-state index is 12.3. The zero-order valence-electron chi connectivity index (χ0n) is 11.9. The van der Waals surface area contributed by atoms with Crippen molar-refractivity contribution >= 4 is 11.9 Å². The Morgan fingerprint density at radius 2 is 1.95 bits per heavy atom. The Morgan fingerprint density at radius 1 is 1.32 bits per heavy atom. The number of hydrogen-bond acceptors (Lipinski definition) is 4. The first-order chi connectivity index (χ1) is 8.86. The van der Waals surface area contributed by atoms with Crippen molar-refractivity contribution in [3.8, 4) is 0 Å². The van der Waals surface area contributed by atoms with Crippen molar-refractivity contribution in [2.45, 2.75) is 39.2 Å². The van der Waals surface area contributed by atoms with Crippen molar-refractivity contribution in [3.05, 3.63) is 0 Å². The molecule has 0 aliphatic heterocycles. The van der Waals surface area contributed by atoms with Crippen LogP contribution in [0.3, 0.4) is 0 Å². The Labute approximate surface area is 114 Å². The van der Waals surface area contributed by atoms with Crippen LogP contribution in [0.5, 0.6) is 0 Å². The van der Waals surface area contributed by atoms with Gasteiger partial charge in [0.25, 0.3) is 0 Å². The molecule has 108 valence electrons. The van der Waals surface area contributed by atoms with Gasteiger partial charge in [0.05, 0.1) is 18.4 Å². The van der Waals surface area contributed by atoms with Gasteiger partial charge in [-0.05, 0) is 44.9 Å². The molecule has 0 heterocycles. The Morgan fingerprint density at radius 3 is 2.47 bits per heavy atom. The Balaban J connectivity index is 1.90. The van der Waals surface area contributed by atoms with Crippen molar-refractivity contribution in [2.24, 2.45) is 28.9 Å². The second-order valence-electron chi connectivity index (χ2n) is 6.53. The van der Waals surface area contributed by atoms with Crippen LogP contribution in [0.1, 0.15) is 33.1 Å². The Bertz CT molecular complexity index is 379. The van der Waals surface area contributed by atoms with Crippen LogP contribution in [0.4, 0.5) is 0 Å². The summed E-state index contributed by atoms with van der Waals surface area (Å²) >= 11 is 0. The second-order valence-corrected chi connectivity index (χ2v) is 6.53. The summed E-state index contributed by atoms with van der Waals surface area (Å²) in [7, 11) is 1.36. The van der Waals surface area contributed by atoms with E-state index in [2.05, 4.69) is 5.32 Å². The van der Waals surface area contributed by atoms with E-state index in [4.69, 9.17) is 10.5 Å². The minimum atomic E-state index is -0.702. The predicted molar refractivity (Wildman–Crippen MR) is 71.1 cm³/mol. The number of rotatable bonds is 4. The number of ether oxygens (including phenoxy) is 1. The van der Waals surface area contributed by atoms with Crippen LogP contribution < -0.4 is 11.1 Å². The van der Waals surface area contributed by atoms with Gasteiger partial charge in [-0.25, -0.2) is 0 Å². The molecule has 2 aliphatic carbocycles. The summed E-state index contributed by atoms with van der Waals surface area (Å²) in [6.45, 7) is 3.82. The van der Waals surface area contributed by atoms with Gasteiger partial charge in [0.2, 0.25) is 5.91 Å². The van der Waals surface area contributed by atoms with Crippen LogP contribution in [0.15, 0.2) is 0 Å². The van der Waals surface area contributed by atoms with E-state index in [-0.39, 0.29) is 23.8 Å². The van der Waals surface area contributed by atoms with Crippen LogP contribution in [0, 0.1) is 23.2 Å². The van der Waals surface area contributed by atoms with Gasteiger partial charge >= 0.3 is 5.97 Å². The lowest BCUT2D eigenvalue weighted by Crippen LogP contribution is -2.48. The highest BCUT2D eigenvalue weighted by Gasteiger charge is 2.49. The molecule has 2 saturated carbocycles. The lowest BCUT2D eigenvalue weighted by Gasteiger charge is -2.29. The Hall–Kier alpha value is -1.10. The molecule has 3 N–H and O–H groups in total. The summed E-state index contributed by atoms with van der Waals surface area (Å²) in [6.07, 6.45) is 3.35. The normalized spacial score (nSPS) is 33.3. The first-order valence-electron chi connectivity index (χ1n) is 6.98. The van der Waals surface area contributed by atoms with Gasteiger partial charge in [-0.1, -0.05) is 0 Å². The summed E-state index contributed by atoms with van der Waals surface area (Å²) in [5, 5.41) is 2.88. The molecule has 2 aliphatic rings. The minimum absolute atomic E-state index is 0.00308. The highest BCUT2D eigenvalue weighted by molar-refractivity contribution is 5.82. The first kappa shape index (κ1) is 14.3. The van der Waals surface area contributed by atoms with Gasteiger partial charge in [-0.15, -0.1) is 0 Å². The standard InChI is InChI=1S/C14H24N2O3/c1-14(2,13(18)19-3)7-16-12(17)10-8-4-5-9(6-8)11(10)15/h8-11H,4-7,15H2,1-3H3,(H,16,17). The number of fused-ring (bicyclic) bond motifs is 2. The average Bonchev–Trinajstić information content (AvgIpc) is 2.95. The monoisotopic (exact) mass is 268 g/mol. The smallest absolute Gasteiger partial charge is 0.313 e. The third-order valence-corrected chi connectivity index (χ3v) is 4.73. The van der Waals surface area contributed by atoms with Gasteiger partial charge in [-0.3, -0.25) is 9.59 Å². The van der Waals surface area contributed by atoms with E-state index < -0.39 is 5.41 Å². The molecule has 2 bridgehead atoms. The van der Waals surface area contributed by atoms with Crippen molar-refractivity contribution in [1.29, 1.82) is 0 Å². The summed E-state index contributed by atoms with van der Waals surface area (Å²) in [4.78, 5) is 23.8. The SMILES string of the molecule is COC(=O)C(C)(C)CNC(=O)C1C2CCC(C2)C1N. The van der Waals surface area contributed by atoms with Crippen LogP contribution >= 0.6 is 0 Å². The molecule has 0 radical (unpaired) electrons. The fourth-order valence-corrected chi connectivity index (χ4v) is 3.50. The molecule has 4 unspecified atom stereocenters. The van der Waals surface area contributed by atoms with Crippen molar-refractivity contribution in [3.63, 3.8) is 0 Å². The van der Waals surface area contributed by atoms with E-state index in [0.717, 1.165) is 19.3 Å². The number of amides is 1. The Kier molecular flexibility index (Phi) is 3.85. The molecule has 5 nitrogen and oxygen atoms in total. The van der Waals surface area contributed by atoms with E-state index in [1.54, 1.807) is 13.8 Å². The van der Waals surface area contributed by atoms with Gasteiger partial charge in [0.1, 0.15) is 0 Å². The molecule has 0 aromatic heterocycles. The molecular weight excluding hydrogens is 244 g/mol. The predicted octanol–water partition coefficient (Wildman–Crippen LogP) is 0.675. The number of nitrogens with two attached hydrogens (primary N) is 1. The molecule has 0 spiro atoms. The highest BCUT2D eigenvalue weighted by atomic mass is 16.5. The van der Waals surface area contributed by atoms with E-state index in [1.165, 1.54) is 7.11 Å². The third kappa shape index (κ3) is 2.61. The number of methoxy groups -OCH3 is 1. The fraction of sp³-hybridized carbons (Fsp3) is 0.857. The topological polar surface area (TPSA) is 81.4 Å². The largest absolute Gasteiger partial charge is 0.469 e. The summed E-state index contributed by atoms with van der Waals surface area (Å²) < 4.78 is 4.73. The van der Waals surface area contributed by atoms with Gasteiger partial charge in [0.15, 0.2) is 0 Å². The molecule has 2 rings (SSSR count). The van der Waals surface area contributed by atoms with Crippen LogP contribution in [-0.4, -0.2) is 31.6 Å². The lowest BCUT2D eigenvalue weighted by atomic mass is 9.84. The molecule has 0 saturated heterocycles. The quantitative estimate of drug-likeness (QED) is 0.734. The fourth-order valence-electron chi connectivity index (χ4n) is 3.50. The number of carbonyl (C=O) groups is 2. The van der Waals surface area contributed by atoms with Crippen LogP contribution in [0.2, 0.25) is 0 Å². The summed E-state index contributed by atoms with van der Waals surface area (Å²) in [5.41, 5.74) is 5.44. The van der Waals surface area contributed by atoms with Crippen molar-refractivity contribution in [2.75, 3.05) is 13.7 Å². The van der Waals surface area contributed by atoms with Crippen molar-refractivity contribution in [1.82, 2.24) is 5.32 Å². The number of carbonyl (C=O) groups excluding carboxylic acids is 2. The number of nitrogens with one attached hydrogen (secondary N) is 1. The average molecular weight is 268 g/mol. The molecular formula is C14H24N2O3. The van der Waals surface area contributed by atoms with Crippen molar-refractivity contribution < 1.29 is 14.3 Å². The maximum Gasteiger partial charge on any atom is 0.313 e. The first-order valence-corrected chi connectivity index (χ1v) is 6.98. The summed E-state index contributed by atoms with van der Waals surface area (Å²) in [6, 6.07) is -0.0139. The maximum absolute atomic E-state index is 12.3. The highest BCUT2D eigenvalue weighted by Crippen LogP contribution is 2.47. The molecule has 19 heavy (non-hydrogen) atoms.